The van der Waals surface area contributed by atoms with Gasteiger partial charge in [-0.3, -0.25) is 4.79 Å². The fraction of sp³-hybridized carbons (Fsp3) is 0.500. The molecule has 1 N–H and O–H groups in total. The molecule has 100 valence electrons. The van der Waals surface area contributed by atoms with Gasteiger partial charge in [0, 0.05) is 30.6 Å². The lowest BCUT2D eigenvalue weighted by atomic mass is 10.1. The molecule has 0 fully saturated rings. The van der Waals surface area contributed by atoms with Crippen molar-refractivity contribution in [2.24, 2.45) is 5.92 Å². The number of hydrogen-bond donors (Lipinski definition) is 1. The number of halogens is 1. The van der Waals surface area contributed by atoms with Crippen LogP contribution >= 0.6 is 11.6 Å². The van der Waals surface area contributed by atoms with E-state index in [4.69, 9.17) is 11.6 Å². The molecule has 0 aromatic heterocycles. The van der Waals surface area contributed by atoms with Gasteiger partial charge in [0.1, 0.15) is 0 Å². The van der Waals surface area contributed by atoms with Gasteiger partial charge in [-0.1, -0.05) is 30.7 Å². The van der Waals surface area contributed by atoms with E-state index >= 15 is 0 Å². The Hall–Kier alpha value is -1.06. The van der Waals surface area contributed by atoms with E-state index in [0.717, 1.165) is 5.56 Å². The van der Waals surface area contributed by atoms with Gasteiger partial charge in [-0.15, -0.1) is 0 Å². The summed E-state index contributed by atoms with van der Waals surface area (Å²) < 4.78 is 0. The van der Waals surface area contributed by atoms with Crippen LogP contribution < -0.4 is 5.32 Å². The number of carbonyl (C=O) groups is 1. The van der Waals surface area contributed by atoms with Crippen LogP contribution in [0.2, 0.25) is 5.02 Å². The zero-order valence-electron chi connectivity index (χ0n) is 11.2. The summed E-state index contributed by atoms with van der Waals surface area (Å²) in [6, 6.07) is 7.64. The van der Waals surface area contributed by atoms with Crippen LogP contribution in [0.4, 0.5) is 0 Å². The molecule has 1 atom stereocenters. The Labute approximate surface area is 114 Å². The molecule has 0 saturated carbocycles. The van der Waals surface area contributed by atoms with Gasteiger partial charge in [-0.2, -0.15) is 0 Å². The largest absolute Gasteiger partial charge is 0.338 e. The van der Waals surface area contributed by atoms with E-state index in [0.29, 0.717) is 24.7 Å². The number of hydrogen-bond acceptors (Lipinski definition) is 2. The highest BCUT2D eigenvalue weighted by atomic mass is 35.5. The molecule has 0 aliphatic carbocycles. The zero-order chi connectivity index (χ0) is 13.5. The van der Waals surface area contributed by atoms with Gasteiger partial charge in [-0.25, -0.2) is 0 Å². The summed E-state index contributed by atoms with van der Waals surface area (Å²) in [5.74, 6) is 0.168. The summed E-state index contributed by atoms with van der Waals surface area (Å²) in [5.41, 5.74) is 1.06. The summed E-state index contributed by atoms with van der Waals surface area (Å²) in [4.78, 5) is 14.1. The van der Waals surface area contributed by atoms with Crippen molar-refractivity contribution >= 4 is 17.5 Å². The second kappa shape index (κ2) is 7.39. The Bertz CT molecular complexity index is 395. The molecule has 18 heavy (non-hydrogen) atoms. The van der Waals surface area contributed by atoms with Gasteiger partial charge >= 0.3 is 0 Å². The molecule has 1 aromatic carbocycles. The van der Waals surface area contributed by atoms with Crippen molar-refractivity contribution < 1.29 is 4.79 Å². The Morgan fingerprint density at radius 1 is 1.50 bits per heavy atom. The van der Waals surface area contributed by atoms with Crippen LogP contribution in [0.1, 0.15) is 19.4 Å². The number of carbonyl (C=O) groups excluding carboxylic acids is 1. The smallest absolute Gasteiger partial charge is 0.226 e. The van der Waals surface area contributed by atoms with E-state index in [2.05, 4.69) is 5.32 Å². The number of nitrogens with zero attached hydrogens (tertiary/aromatic N) is 1. The lowest BCUT2D eigenvalue weighted by Gasteiger charge is -2.24. The molecule has 1 rings (SSSR count). The first-order valence-corrected chi connectivity index (χ1v) is 6.64. The Morgan fingerprint density at radius 3 is 2.78 bits per heavy atom. The van der Waals surface area contributed by atoms with E-state index in [-0.39, 0.29) is 11.8 Å². The molecular formula is C14H21ClN2O. The highest BCUT2D eigenvalue weighted by Gasteiger charge is 2.18. The Morgan fingerprint density at radius 2 is 2.22 bits per heavy atom. The molecular weight excluding hydrogens is 248 g/mol. The number of amides is 1. The quantitative estimate of drug-likeness (QED) is 0.860. The van der Waals surface area contributed by atoms with Crippen molar-refractivity contribution in [1.82, 2.24) is 10.2 Å². The predicted molar refractivity (Wildman–Crippen MR) is 75.6 cm³/mol. The fourth-order valence-corrected chi connectivity index (χ4v) is 2.12. The van der Waals surface area contributed by atoms with Crippen molar-refractivity contribution in [3.05, 3.63) is 34.9 Å². The average Bonchev–Trinajstić information content (AvgIpc) is 2.35. The predicted octanol–water partition coefficient (Wildman–Crippen LogP) is 2.54. The van der Waals surface area contributed by atoms with Crippen LogP contribution in [0.5, 0.6) is 0 Å². The van der Waals surface area contributed by atoms with Crippen molar-refractivity contribution in [2.75, 3.05) is 20.1 Å². The topological polar surface area (TPSA) is 32.3 Å². The summed E-state index contributed by atoms with van der Waals surface area (Å²) in [6.45, 7) is 5.96. The molecule has 0 heterocycles. The van der Waals surface area contributed by atoms with Gasteiger partial charge in [0.25, 0.3) is 0 Å². The third kappa shape index (κ3) is 4.31. The van der Waals surface area contributed by atoms with Crippen LogP contribution in [-0.4, -0.2) is 30.9 Å². The highest BCUT2D eigenvalue weighted by molar-refractivity contribution is 6.30. The highest BCUT2D eigenvalue weighted by Crippen LogP contribution is 2.14. The molecule has 4 heteroatoms. The monoisotopic (exact) mass is 268 g/mol. The first-order valence-electron chi connectivity index (χ1n) is 6.26. The molecule has 0 bridgehead atoms. The minimum Gasteiger partial charge on any atom is -0.338 e. The van der Waals surface area contributed by atoms with Crippen LogP contribution in [-0.2, 0) is 11.3 Å². The molecule has 0 saturated heterocycles. The van der Waals surface area contributed by atoms with Crippen LogP contribution in [0.3, 0.4) is 0 Å². The van der Waals surface area contributed by atoms with Gasteiger partial charge in [-0.05, 0) is 31.7 Å². The van der Waals surface area contributed by atoms with Gasteiger partial charge in [0.15, 0.2) is 0 Å². The lowest BCUT2D eigenvalue weighted by molar-refractivity contribution is -0.135. The maximum atomic E-state index is 12.2. The standard InChI is InChI=1S/C14H21ClN2O/c1-4-17(14(18)11(2)9-16-3)10-12-6-5-7-13(15)8-12/h5-8,11,16H,4,9-10H2,1-3H3. The lowest BCUT2D eigenvalue weighted by Crippen LogP contribution is -2.38. The molecule has 0 aliphatic rings. The Kier molecular flexibility index (Phi) is 6.16. The molecule has 0 aliphatic heterocycles. The van der Waals surface area contributed by atoms with Gasteiger partial charge < -0.3 is 10.2 Å². The second-order valence-electron chi connectivity index (χ2n) is 4.44. The maximum Gasteiger partial charge on any atom is 0.226 e. The number of nitrogens with one attached hydrogen (secondary N) is 1. The van der Waals surface area contributed by atoms with E-state index in [1.165, 1.54) is 0 Å². The average molecular weight is 269 g/mol. The third-order valence-electron chi connectivity index (χ3n) is 2.89. The zero-order valence-corrected chi connectivity index (χ0v) is 12.0. The minimum absolute atomic E-state index is 0.00543. The summed E-state index contributed by atoms with van der Waals surface area (Å²) >= 11 is 5.95. The van der Waals surface area contributed by atoms with Crippen LogP contribution in [0.25, 0.3) is 0 Å². The van der Waals surface area contributed by atoms with E-state index in [1.807, 2.05) is 50.1 Å². The van der Waals surface area contributed by atoms with Gasteiger partial charge in [0.2, 0.25) is 5.91 Å². The van der Waals surface area contributed by atoms with E-state index in [9.17, 15) is 4.79 Å². The van der Waals surface area contributed by atoms with Crippen LogP contribution in [0.15, 0.2) is 24.3 Å². The summed E-state index contributed by atoms with van der Waals surface area (Å²) in [7, 11) is 1.86. The van der Waals surface area contributed by atoms with Crippen molar-refractivity contribution in [1.29, 1.82) is 0 Å². The molecule has 0 spiro atoms. The first kappa shape index (κ1) is 15.0. The second-order valence-corrected chi connectivity index (χ2v) is 4.88. The SMILES string of the molecule is CCN(Cc1cccc(Cl)c1)C(=O)C(C)CNC. The maximum absolute atomic E-state index is 12.2. The number of rotatable bonds is 6. The summed E-state index contributed by atoms with van der Waals surface area (Å²) in [6.07, 6.45) is 0. The number of benzene rings is 1. The molecule has 0 radical (unpaired) electrons. The summed E-state index contributed by atoms with van der Waals surface area (Å²) in [5, 5.41) is 3.74. The van der Waals surface area contributed by atoms with Crippen molar-refractivity contribution in [3.8, 4) is 0 Å². The van der Waals surface area contributed by atoms with Crippen LogP contribution in [0, 0.1) is 5.92 Å². The van der Waals surface area contributed by atoms with Crippen molar-refractivity contribution in [3.63, 3.8) is 0 Å². The van der Waals surface area contributed by atoms with E-state index < -0.39 is 0 Å². The molecule has 1 unspecified atom stereocenters. The van der Waals surface area contributed by atoms with Gasteiger partial charge in [0.05, 0.1) is 0 Å². The first-order chi connectivity index (χ1) is 8.58. The third-order valence-corrected chi connectivity index (χ3v) is 3.12. The minimum atomic E-state index is -0.00543. The fourth-order valence-electron chi connectivity index (χ4n) is 1.91. The Balaban J connectivity index is 2.69. The van der Waals surface area contributed by atoms with E-state index in [1.54, 1.807) is 0 Å². The molecule has 1 amide bonds. The normalized spacial score (nSPS) is 12.2. The molecule has 3 nitrogen and oxygen atoms in total. The van der Waals surface area contributed by atoms with Crippen molar-refractivity contribution in [2.45, 2.75) is 20.4 Å². The molecule has 1 aromatic rings.